The second-order valence-corrected chi connectivity index (χ2v) is 6.91. The lowest BCUT2D eigenvalue weighted by Crippen LogP contribution is -2.46. The van der Waals surface area contributed by atoms with Crippen molar-refractivity contribution < 1.29 is 0 Å². The standard InChI is InChI=1S/C18H19BrN4/c19-15-1-2-18-14(11-15)12-16(21-18)13-22-7-9-23(10-8-22)17-3-5-20-6-4-17/h1-6,11-12,21H,7-10,13H2. The predicted molar refractivity (Wildman–Crippen MR) is 97.7 cm³/mol. The van der Waals surface area contributed by atoms with Crippen LogP contribution in [0.4, 0.5) is 5.69 Å². The van der Waals surface area contributed by atoms with Crippen LogP contribution in [0.15, 0.2) is 53.3 Å². The fourth-order valence-corrected chi connectivity index (χ4v) is 3.59. The summed E-state index contributed by atoms with van der Waals surface area (Å²) < 4.78 is 1.13. The van der Waals surface area contributed by atoms with Gasteiger partial charge in [-0.05, 0) is 36.4 Å². The third-order valence-corrected chi connectivity index (χ3v) is 4.93. The maximum absolute atomic E-state index is 4.09. The number of nitrogens with one attached hydrogen (secondary N) is 1. The number of hydrogen-bond acceptors (Lipinski definition) is 3. The van der Waals surface area contributed by atoms with E-state index in [0.29, 0.717) is 0 Å². The molecule has 1 saturated heterocycles. The number of fused-ring (bicyclic) bond motifs is 1. The summed E-state index contributed by atoms with van der Waals surface area (Å²) >= 11 is 3.53. The van der Waals surface area contributed by atoms with Crippen molar-refractivity contribution >= 4 is 32.5 Å². The lowest BCUT2D eigenvalue weighted by Gasteiger charge is -2.35. The van der Waals surface area contributed by atoms with Gasteiger partial charge in [0.05, 0.1) is 0 Å². The predicted octanol–water partition coefficient (Wildman–Crippen LogP) is 3.65. The van der Waals surface area contributed by atoms with Gasteiger partial charge in [-0.3, -0.25) is 9.88 Å². The molecule has 1 N–H and O–H groups in total. The fraction of sp³-hybridized carbons (Fsp3) is 0.278. The molecule has 0 spiro atoms. The number of nitrogens with zero attached hydrogens (tertiary/aromatic N) is 3. The highest BCUT2D eigenvalue weighted by Crippen LogP contribution is 2.22. The average molecular weight is 371 g/mol. The number of hydrogen-bond donors (Lipinski definition) is 1. The average Bonchev–Trinajstić information content (AvgIpc) is 2.97. The van der Waals surface area contributed by atoms with Crippen molar-refractivity contribution in [2.75, 3.05) is 31.1 Å². The molecule has 1 aliphatic heterocycles. The Bertz CT molecular complexity index is 791. The van der Waals surface area contributed by atoms with Crippen LogP contribution >= 0.6 is 15.9 Å². The minimum atomic E-state index is 0.983. The van der Waals surface area contributed by atoms with Crippen LogP contribution in [-0.4, -0.2) is 41.0 Å². The summed E-state index contributed by atoms with van der Waals surface area (Å²) in [6.07, 6.45) is 3.73. The Morgan fingerprint density at radius 1 is 1.00 bits per heavy atom. The van der Waals surface area contributed by atoms with E-state index in [-0.39, 0.29) is 0 Å². The van der Waals surface area contributed by atoms with Crippen molar-refractivity contribution in [2.24, 2.45) is 0 Å². The van der Waals surface area contributed by atoms with Crippen LogP contribution in [0, 0.1) is 0 Å². The van der Waals surface area contributed by atoms with E-state index in [4.69, 9.17) is 0 Å². The van der Waals surface area contributed by atoms with Gasteiger partial charge in [-0.25, -0.2) is 0 Å². The molecule has 2 aromatic heterocycles. The van der Waals surface area contributed by atoms with Crippen LogP contribution in [0.5, 0.6) is 0 Å². The van der Waals surface area contributed by atoms with E-state index >= 15 is 0 Å². The van der Waals surface area contributed by atoms with Crippen LogP contribution in [0.25, 0.3) is 10.9 Å². The number of rotatable bonds is 3. The molecule has 5 heteroatoms. The zero-order valence-corrected chi connectivity index (χ0v) is 14.5. The smallest absolute Gasteiger partial charge is 0.0457 e. The Hall–Kier alpha value is -1.85. The zero-order chi connectivity index (χ0) is 15.6. The minimum absolute atomic E-state index is 0.983. The molecule has 1 aromatic carbocycles. The van der Waals surface area contributed by atoms with Gasteiger partial charge in [-0.2, -0.15) is 0 Å². The summed E-state index contributed by atoms with van der Waals surface area (Å²) in [6.45, 7) is 5.28. The molecular weight excluding hydrogens is 352 g/mol. The summed E-state index contributed by atoms with van der Waals surface area (Å²) in [5.41, 5.74) is 3.77. The van der Waals surface area contributed by atoms with Crippen LogP contribution in [0.1, 0.15) is 5.69 Å². The SMILES string of the molecule is Brc1ccc2[nH]c(CN3CCN(c4ccncc4)CC3)cc2c1. The molecule has 3 aromatic rings. The Kier molecular flexibility index (Phi) is 4.06. The molecule has 0 bridgehead atoms. The van der Waals surface area contributed by atoms with Gasteiger partial charge in [0.2, 0.25) is 0 Å². The monoisotopic (exact) mass is 370 g/mol. The number of H-pyrrole nitrogens is 1. The van der Waals surface area contributed by atoms with Gasteiger partial charge in [0.15, 0.2) is 0 Å². The third kappa shape index (κ3) is 3.26. The first-order chi connectivity index (χ1) is 11.3. The van der Waals surface area contributed by atoms with E-state index in [1.807, 2.05) is 12.4 Å². The van der Waals surface area contributed by atoms with Crippen molar-refractivity contribution in [2.45, 2.75) is 6.54 Å². The highest BCUT2D eigenvalue weighted by Gasteiger charge is 2.17. The Morgan fingerprint density at radius 3 is 2.57 bits per heavy atom. The first-order valence-corrected chi connectivity index (χ1v) is 8.72. The Labute approximate surface area is 144 Å². The summed E-state index contributed by atoms with van der Waals surface area (Å²) in [7, 11) is 0. The number of benzene rings is 1. The molecule has 3 heterocycles. The molecule has 0 saturated carbocycles. The quantitative estimate of drug-likeness (QED) is 0.764. The molecule has 0 unspecified atom stereocenters. The molecule has 1 aliphatic rings. The Morgan fingerprint density at radius 2 is 1.78 bits per heavy atom. The van der Waals surface area contributed by atoms with Crippen LogP contribution < -0.4 is 4.90 Å². The Balaban J connectivity index is 1.40. The molecule has 4 rings (SSSR count). The molecule has 4 nitrogen and oxygen atoms in total. The van der Waals surface area contributed by atoms with Gasteiger partial charge >= 0.3 is 0 Å². The molecule has 0 aliphatic carbocycles. The first kappa shape index (κ1) is 14.7. The number of halogens is 1. The third-order valence-electron chi connectivity index (χ3n) is 4.43. The number of pyridine rings is 1. The largest absolute Gasteiger partial charge is 0.369 e. The lowest BCUT2D eigenvalue weighted by molar-refractivity contribution is 0.247. The van der Waals surface area contributed by atoms with Gasteiger partial charge < -0.3 is 9.88 Å². The van der Waals surface area contributed by atoms with E-state index in [9.17, 15) is 0 Å². The second-order valence-electron chi connectivity index (χ2n) is 5.99. The van der Waals surface area contributed by atoms with Crippen molar-refractivity contribution in [3.63, 3.8) is 0 Å². The van der Waals surface area contributed by atoms with E-state index in [2.05, 4.69) is 72.1 Å². The first-order valence-electron chi connectivity index (χ1n) is 7.92. The van der Waals surface area contributed by atoms with E-state index in [1.165, 1.54) is 22.3 Å². The van der Waals surface area contributed by atoms with Crippen molar-refractivity contribution in [3.05, 3.63) is 59.0 Å². The van der Waals surface area contributed by atoms with Crippen LogP contribution in [-0.2, 0) is 6.54 Å². The van der Waals surface area contributed by atoms with E-state index < -0.39 is 0 Å². The van der Waals surface area contributed by atoms with E-state index in [1.54, 1.807) is 0 Å². The van der Waals surface area contributed by atoms with Gasteiger partial charge in [0.25, 0.3) is 0 Å². The highest BCUT2D eigenvalue weighted by molar-refractivity contribution is 9.10. The zero-order valence-electron chi connectivity index (χ0n) is 12.9. The molecule has 0 radical (unpaired) electrons. The number of piperazine rings is 1. The number of anilines is 1. The highest BCUT2D eigenvalue weighted by atomic mass is 79.9. The molecular formula is C18H19BrN4. The molecule has 0 amide bonds. The summed E-state index contributed by atoms with van der Waals surface area (Å²) in [6, 6.07) is 12.8. The van der Waals surface area contributed by atoms with Crippen molar-refractivity contribution in [1.29, 1.82) is 0 Å². The molecule has 23 heavy (non-hydrogen) atoms. The van der Waals surface area contributed by atoms with Crippen LogP contribution in [0.3, 0.4) is 0 Å². The van der Waals surface area contributed by atoms with Gasteiger partial charge in [0, 0.05) is 71.9 Å². The van der Waals surface area contributed by atoms with E-state index in [0.717, 1.165) is 37.2 Å². The lowest BCUT2D eigenvalue weighted by atomic mass is 10.2. The molecule has 1 fully saturated rings. The van der Waals surface area contributed by atoms with Crippen molar-refractivity contribution in [3.8, 4) is 0 Å². The number of aromatic amines is 1. The molecule has 118 valence electrons. The fourth-order valence-electron chi connectivity index (χ4n) is 3.21. The summed E-state index contributed by atoms with van der Waals surface area (Å²) in [4.78, 5) is 12.6. The maximum Gasteiger partial charge on any atom is 0.0457 e. The normalized spacial score (nSPS) is 16.1. The summed E-state index contributed by atoms with van der Waals surface area (Å²) in [5, 5.41) is 1.27. The molecule has 0 atom stereocenters. The van der Waals surface area contributed by atoms with Crippen LogP contribution in [0.2, 0.25) is 0 Å². The maximum atomic E-state index is 4.09. The second kappa shape index (κ2) is 6.34. The summed E-state index contributed by atoms with van der Waals surface area (Å²) in [5.74, 6) is 0. The minimum Gasteiger partial charge on any atom is -0.369 e. The van der Waals surface area contributed by atoms with Gasteiger partial charge in [0.1, 0.15) is 0 Å². The van der Waals surface area contributed by atoms with Gasteiger partial charge in [-0.15, -0.1) is 0 Å². The number of aromatic nitrogens is 2. The van der Waals surface area contributed by atoms with Crippen molar-refractivity contribution in [1.82, 2.24) is 14.9 Å². The van der Waals surface area contributed by atoms with Gasteiger partial charge in [-0.1, -0.05) is 15.9 Å². The topological polar surface area (TPSA) is 35.2 Å².